The normalized spacial score (nSPS) is 10.3. The highest BCUT2D eigenvalue weighted by Gasteiger charge is 2.04. The van der Waals surface area contributed by atoms with Crippen LogP contribution in [-0.4, -0.2) is 17.3 Å². The van der Waals surface area contributed by atoms with Gasteiger partial charge in [-0.05, 0) is 42.9 Å². The summed E-state index contributed by atoms with van der Waals surface area (Å²) < 4.78 is 0. The van der Waals surface area contributed by atoms with Gasteiger partial charge in [-0.15, -0.1) is 11.8 Å². The summed E-state index contributed by atoms with van der Waals surface area (Å²) in [5.74, 6) is -0.747. The first-order valence-electron chi connectivity index (χ1n) is 4.67. The summed E-state index contributed by atoms with van der Waals surface area (Å²) in [4.78, 5) is 11.6. The van der Waals surface area contributed by atoms with E-state index in [-0.39, 0.29) is 6.42 Å². The number of carboxylic acid groups (broad SMARTS) is 1. The van der Waals surface area contributed by atoms with Crippen LogP contribution >= 0.6 is 23.4 Å². The van der Waals surface area contributed by atoms with Crippen molar-refractivity contribution in [2.75, 3.05) is 6.26 Å². The molecule has 1 aromatic carbocycles. The van der Waals surface area contributed by atoms with E-state index in [0.29, 0.717) is 11.4 Å². The number of thioether (sulfide) groups is 1. The second kappa shape index (κ2) is 6.03. The summed E-state index contributed by atoms with van der Waals surface area (Å²) in [6.45, 7) is 0. The zero-order chi connectivity index (χ0) is 11.3. The number of carboxylic acids is 1. The smallest absolute Gasteiger partial charge is 0.303 e. The Morgan fingerprint density at radius 3 is 2.87 bits per heavy atom. The molecule has 0 saturated heterocycles. The van der Waals surface area contributed by atoms with Crippen molar-refractivity contribution >= 4 is 29.3 Å². The molecule has 4 heteroatoms. The first-order chi connectivity index (χ1) is 7.13. The minimum Gasteiger partial charge on any atom is -0.481 e. The molecule has 0 saturated carbocycles. The third-order valence-corrected chi connectivity index (χ3v) is 3.15. The van der Waals surface area contributed by atoms with Gasteiger partial charge in [0.1, 0.15) is 0 Å². The predicted octanol–water partition coefficient (Wildman–Crippen LogP) is 3.47. The summed E-state index contributed by atoms with van der Waals surface area (Å²) in [5.41, 5.74) is 1.14. The van der Waals surface area contributed by atoms with E-state index in [1.807, 2.05) is 24.5 Å². The van der Waals surface area contributed by atoms with Gasteiger partial charge in [-0.2, -0.15) is 0 Å². The maximum atomic E-state index is 10.4. The molecule has 15 heavy (non-hydrogen) atoms. The Labute approximate surface area is 98.6 Å². The number of hydrogen-bond donors (Lipinski definition) is 1. The molecule has 0 aromatic heterocycles. The van der Waals surface area contributed by atoms with E-state index in [1.165, 1.54) is 4.90 Å². The van der Waals surface area contributed by atoms with Crippen LogP contribution in [-0.2, 0) is 11.2 Å². The van der Waals surface area contributed by atoms with Crippen molar-refractivity contribution in [2.45, 2.75) is 24.2 Å². The van der Waals surface area contributed by atoms with Crippen molar-refractivity contribution in [3.8, 4) is 0 Å². The lowest BCUT2D eigenvalue weighted by Crippen LogP contribution is -1.96. The quantitative estimate of drug-likeness (QED) is 0.806. The number of halogens is 1. The van der Waals surface area contributed by atoms with Gasteiger partial charge in [0.05, 0.1) is 0 Å². The number of benzene rings is 1. The lowest BCUT2D eigenvalue weighted by Gasteiger charge is -2.06. The molecule has 0 radical (unpaired) electrons. The number of hydrogen-bond acceptors (Lipinski definition) is 2. The Balaban J connectivity index is 2.65. The Morgan fingerprint density at radius 1 is 1.53 bits per heavy atom. The van der Waals surface area contributed by atoms with Gasteiger partial charge in [-0.25, -0.2) is 0 Å². The minimum absolute atomic E-state index is 0.209. The van der Waals surface area contributed by atoms with E-state index >= 15 is 0 Å². The molecule has 0 aliphatic heterocycles. The number of rotatable bonds is 5. The second-order valence-electron chi connectivity index (χ2n) is 3.20. The Morgan fingerprint density at radius 2 is 2.27 bits per heavy atom. The van der Waals surface area contributed by atoms with Crippen LogP contribution in [0.25, 0.3) is 0 Å². The standard InChI is InChI=1S/C11H13ClO2S/c1-15-10-6-5-9(12)7-8(10)3-2-4-11(13)14/h5-7H,2-4H2,1H3,(H,13,14). The summed E-state index contributed by atoms with van der Waals surface area (Å²) >= 11 is 7.55. The van der Waals surface area contributed by atoms with Crippen LogP contribution in [0.4, 0.5) is 0 Å². The summed E-state index contributed by atoms with van der Waals surface area (Å²) in [6.07, 6.45) is 3.64. The average molecular weight is 245 g/mol. The first kappa shape index (κ1) is 12.4. The molecule has 0 fully saturated rings. The highest BCUT2D eigenvalue weighted by Crippen LogP contribution is 2.25. The van der Waals surface area contributed by atoms with E-state index < -0.39 is 5.97 Å². The molecular weight excluding hydrogens is 232 g/mol. The maximum absolute atomic E-state index is 10.4. The topological polar surface area (TPSA) is 37.3 Å². The largest absolute Gasteiger partial charge is 0.481 e. The fraction of sp³-hybridized carbons (Fsp3) is 0.364. The third-order valence-electron chi connectivity index (χ3n) is 2.08. The lowest BCUT2D eigenvalue weighted by atomic mass is 10.1. The molecule has 0 unspecified atom stereocenters. The Hall–Kier alpha value is -0.670. The molecule has 0 aliphatic carbocycles. The van der Waals surface area contributed by atoms with E-state index in [9.17, 15) is 4.79 Å². The summed E-state index contributed by atoms with van der Waals surface area (Å²) in [5, 5.41) is 9.25. The van der Waals surface area contributed by atoms with Crippen LogP contribution in [0, 0.1) is 0 Å². The molecule has 0 atom stereocenters. The fourth-order valence-corrected chi connectivity index (χ4v) is 2.19. The Bertz CT molecular complexity index is 352. The molecule has 0 spiro atoms. The predicted molar refractivity (Wildman–Crippen MR) is 63.8 cm³/mol. The average Bonchev–Trinajstić information content (AvgIpc) is 2.17. The van der Waals surface area contributed by atoms with Gasteiger partial charge in [0.15, 0.2) is 0 Å². The summed E-state index contributed by atoms with van der Waals surface area (Å²) in [7, 11) is 0. The highest BCUT2D eigenvalue weighted by atomic mass is 35.5. The minimum atomic E-state index is -0.747. The van der Waals surface area contributed by atoms with Gasteiger partial charge in [0, 0.05) is 16.3 Å². The third kappa shape index (κ3) is 4.14. The molecule has 0 bridgehead atoms. The van der Waals surface area contributed by atoms with Crippen LogP contribution in [0.1, 0.15) is 18.4 Å². The second-order valence-corrected chi connectivity index (χ2v) is 4.49. The van der Waals surface area contributed by atoms with Crippen molar-refractivity contribution < 1.29 is 9.90 Å². The van der Waals surface area contributed by atoms with Crippen molar-refractivity contribution in [1.82, 2.24) is 0 Å². The first-order valence-corrected chi connectivity index (χ1v) is 6.28. The molecule has 82 valence electrons. The van der Waals surface area contributed by atoms with Crippen molar-refractivity contribution in [3.63, 3.8) is 0 Å². The number of aliphatic carboxylic acids is 1. The molecule has 0 aliphatic rings. The van der Waals surface area contributed by atoms with Gasteiger partial charge in [0.25, 0.3) is 0 Å². The molecule has 1 aromatic rings. The van der Waals surface area contributed by atoms with E-state index in [2.05, 4.69) is 0 Å². The Kier molecular flexibility index (Phi) is 4.99. The zero-order valence-corrected chi connectivity index (χ0v) is 10.1. The van der Waals surface area contributed by atoms with Crippen LogP contribution in [0.3, 0.4) is 0 Å². The van der Waals surface area contributed by atoms with Crippen LogP contribution in [0.5, 0.6) is 0 Å². The van der Waals surface area contributed by atoms with E-state index in [1.54, 1.807) is 11.8 Å². The monoisotopic (exact) mass is 244 g/mol. The van der Waals surface area contributed by atoms with E-state index in [4.69, 9.17) is 16.7 Å². The number of aryl methyl sites for hydroxylation is 1. The van der Waals surface area contributed by atoms with Crippen LogP contribution in [0.2, 0.25) is 5.02 Å². The summed E-state index contributed by atoms with van der Waals surface area (Å²) in [6, 6.07) is 5.74. The fourth-order valence-electron chi connectivity index (χ4n) is 1.37. The number of carbonyl (C=O) groups is 1. The molecular formula is C11H13ClO2S. The molecule has 0 amide bonds. The zero-order valence-electron chi connectivity index (χ0n) is 8.50. The van der Waals surface area contributed by atoms with Gasteiger partial charge in [0.2, 0.25) is 0 Å². The molecule has 0 heterocycles. The van der Waals surface area contributed by atoms with Gasteiger partial charge in [-0.1, -0.05) is 11.6 Å². The molecule has 1 rings (SSSR count). The van der Waals surface area contributed by atoms with Crippen molar-refractivity contribution in [1.29, 1.82) is 0 Å². The molecule has 1 N–H and O–H groups in total. The SMILES string of the molecule is CSc1ccc(Cl)cc1CCCC(=O)O. The van der Waals surface area contributed by atoms with Gasteiger partial charge in [-0.3, -0.25) is 4.79 Å². The van der Waals surface area contributed by atoms with Crippen molar-refractivity contribution in [2.24, 2.45) is 0 Å². The lowest BCUT2D eigenvalue weighted by molar-refractivity contribution is -0.137. The highest BCUT2D eigenvalue weighted by molar-refractivity contribution is 7.98. The van der Waals surface area contributed by atoms with Crippen LogP contribution in [0.15, 0.2) is 23.1 Å². The maximum Gasteiger partial charge on any atom is 0.303 e. The van der Waals surface area contributed by atoms with E-state index in [0.717, 1.165) is 12.0 Å². The molecule has 2 nitrogen and oxygen atoms in total. The van der Waals surface area contributed by atoms with Crippen molar-refractivity contribution in [3.05, 3.63) is 28.8 Å². The van der Waals surface area contributed by atoms with Gasteiger partial charge < -0.3 is 5.11 Å². The van der Waals surface area contributed by atoms with Crippen LogP contribution < -0.4 is 0 Å². The van der Waals surface area contributed by atoms with Gasteiger partial charge >= 0.3 is 5.97 Å².